The third kappa shape index (κ3) is 4.97. The van der Waals surface area contributed by atoms with Crippen LogP contribution >= 0.6 is 0 Å². The fourth-order valence-electron chi connectivity index (χ4n) is 4.54. The lowest BCUT2D eigenvalue weighted by Crippen LogP contribution is -2.35. The second-order valence-corrected chi connectivity index (χ2v) is 9.48. The highest BCUT2D eigenvalue weighted by Gasteiger charge is 2.25. The Balaban J connectivity index is 1.27. The van der Waals surface area contributed by atoms with Crippen molar-refractivity contribution in [2.45, 2.75) is 52.1 Å². The maximum Gasteiger partial charge on any atom is 0.270 e. The van der Waals surface area contributed by atoms with Gasteiger partial charge in [0.25, 0.3) is 5.56 Å². The number of benzene rings is 1. The first-order chi connectivity index (χ1) is 16.9. The summed E-state index contributed by atoms with van der Waals surface area (Å²) in [6, 6.07) is 3.03. The number of hydrogen-bond acceptors (Lipinski definition) is 5. The summed E-state index contributed by atoms with van der Waals surface area (Å²) in [7, 11) is 0. The zero-order valence-electron chi connectivity index (χ0n) is 20.1. The van der Waals surface area contributed by atoms with Crippen LogP contribution in [-0.2, 0) is 17.8 Å². The number of carbonyl (C=O) groups excluding carboxylic acids is 1. The van der Waals surface area contributed by atoms with Crippen molar-refractivity contribution in [3.63, 3.8) is 0 Å². The number of amides is 1. The van der Waals surface area contributed by atoms with E-state index >= 15 is 4.39 Å². The summed E-state index contributed by atoms with van der Waals surface area (Å²) in [5, 5.41) is 2.99. The number of nitrogens with zero attached hydrogens (tertiary/aromatic N) is 3. The lowest BCUT2D eigenvalue weighted by molar-refractivity contribution is -0.121. The molecule has 0 spiro atoms. The minimum Gasteiger partial charge on any atom is -0.373 e. The summed E-state index contributed by atoms with van der Waals surface area (Å²) in [5.41, 5.74) is 4.24. The van der Waals surface area contributed by atoms with Gasteiger partial charge in [-0.1, -0.05) is 25.1 Å². The topological polar surface area (TPSA) is 90.4 Å². The van der Waals surface area contributed by atoms with Gasteiger partial charge in [0.2, 0.25) is 5.91 Å². The summed E-state index contributed by atoms with van der Waals surface area (Å²) < 4.78 is 15.1. The summed E-state index contributed by atoms with van der Waals surface area (Å²) in [5.74, 6) is 0.166. The monoisotopic (exact) mass is 475 g/mol. The lowest BCUT2D eigenvalue weighted by Gasteiger charge is -2.27. The van der Waals surface area contributed by atoms with Crippen LogP contribution in [0.15, 0.2) is 57.5 Å². The van der Waals surface area contributed by atoms with Crippen LogP contribution in [0.4, 0.5) is 4.39 Å². The van der Waals surface area contributed by atoms with Crippen LogP contribution in [0.2, 0.25) is 0 Å². The highest BCUT2D eigenvalue weighted by molar-refractivity contribution is 6.05. The zero-order valence-corrected chi connectivity index (χ0v) is 20.1. The molecule has 0 bridgehead atoms. The molecule has 1 atom stereocenters. The molecule has 2 aliphatic heterocycles. The van der Waals surface area contributed by atoms with Gasteiger partial charge < -0.3 is 15.2 Å². The number of allylic oxidation sites excluding steroid dienone is 3. The molecule has 1 saturated carbocycles. The van der Waals surface area contributed by atoms with Crippen molar-refractivity contribution in [3.8, 4) is 0 Å². The van der Waals surface area contributed by atoms with Gasteiger partial charge in [0.05, 0.1) is 5.52 Å². The fourth-order valence-corrected chi connectivity index (χ4v) is 4.54. The Hall–Kier alpha value is -3.55. The van der Waals surface area contributed by atoms with Crippen molar-refractivity contribution < 1.29 is 9.18 Å². The first kappa shape index (κ1) is 23.2. The number of halogens is 1. The number of aryl methyl sites for hydroxylation is 1. The second-order valence-electron chi connectivity index (χ2n) is 9.48. The maximum absolute atomic E-state index is 15.1. The van der Waals surface area contributed by atoms with Gasteiger partial charge in [-0.05, 0) is 68.0 Å². The van der Waals surface area contributed by atoms with Crippen LogP contribution in [0, 0.1) is 11.7 Å². The summed E-state index contributed by atoms with van der Waals surface area (Å²) >= 11 is 0. The molecule has 2 aromatic rings. The lowest BCUT2D eigenvalue weighted by atomic mass is 9.95. The van der Waals surface area contributed by atoms with Gasteiger partial charge in [-0.2, -0.15) is 0 Å². The number of H-pyrrole nitrogens is 1. The standard InChI is InChI=1S/C27H30FN5O2/c1-3-21-27(35)32-25-22(31-21)8-6-19(24(25)28)15-33-12-10-18(11-13-33)20-7-9-23(30-16(20)2)26(34)29-14-17-4-5-17/h6-10,12,17,23H,3-5,11,13-15H2,1-2H3,(H,29,34)(H,32,35). The number of dihydropyridines is 1. The molecule has 0 radical (unpaired) electrons. The number of rotatable bonds is 6. The molecule has 1 aromatic heterocycles. The molecule has 2 N–H and O–H groups in total. The number of carbonyl (C=O) groups is 1. The van der Waals surface area contributed by atoms with E-state index in [4.69, 9.17) is 0 Å². The molecule has 0 saturated heterocycles. The van der Waals surface area contributed by atoms with Crippen LogP contribution in [0.1, 0.15) is 44.4 Å². The molecule has 1 fully saturated rings. The SMILES string of the molecule is CCc1nc2ccc(CN3C=CC(=C4C=CC(C(=O)NCC5CC5)N=C4C)CC3)c(F)c2[nH]c1=O. The Bertz CT molecular complexity index is 1350. The van der Waals surface area contributed by atoms with E-state index in [1.54, 1.807) is 12.1 Å². The quantitative estimate of drug-likeness (QED) is 0.668. The van der Waals surface area contributed by atoms with Gasteiger partial charge in [-0.3, -0.25) is 14.6 Å². The molecule has 3 aliphatic rings. The number of nitrogens with one attached hydrogen (secondary N) is 2. The zero-order chi connectivity index (χ0) is 24.5. The van der Waals surface area contributed by atoms with Crippen LogP contribution in [0.25, 0.3) is 11.0 Å². The Labute approximate surface area is 203 Å². The molecular formula is C27H30FN5O2. The van der Waals surface area contributed by atoms with Gasteiger partial charge in [0.15, 0.2) is 5.82 Å². The molecule has 1 aliphatic carbocycles. The van der Waals surface area contributed by atoms with Gasteiger partial charge in [-0.15, -0.1) is 0 Å². The summed E-state index contributed by atoms with van der Waals surface area (Å²) in [6.07, 6.45) is 11.5. The predicted molar refractivity (Wildman–Crippen MR) is 135 cm³/mol. The summed E-state index contributed by atoms with van der Waals surface area (Å²) in [6.45, 7) is 5.65. The van der Waals surface area contributed by atoms with Crippen molar-refractivity contribution >= 4 is 22.7 Å². The van der Waals surface area contributed by atoms with Crippen molar-refractivity contribution in [2.75, 3.05) is 13.1 Å². The molecule has 8 heteroatoms. The molecule has 182 valence electrons. The second kappa shape index (κ2) is 9.60. The van der Waals surface area contributed by atoms with E-state index in [9.17, 15) is 9.59 Å². The molecule has 3 heterocycles. The number of hydrogen-bond donors (Lipinski definition) is 2. The smallest absolute Gasteiger partial charge is 0.270 e. The van der Waals surface area contributed by atoms with Gasteiger partial charge >= 0.3 is 0 Å². The first-order valence-electron chi connectivity index (χ1n) is 12.3. The molecule has 5 rings (SSSR count). The van der Waals surface area contributed by atoms with E-state index in [1.807, 2.05) is 43.2 Å². The van der Waals surface area contributed by atoms with E-state index < -0.39 is 11.9 Å². The maximum atomic E-state index is 15.1. The van der Waals surface area contributed by atoms with Crippen molar-refractivity contribution in [1.29, 1.82) is 0 Å². The largest absolute Gasteiger partial charge is 0.373 e. The highest BCUT2D eigenvalue weighted by atomic mass is 19.1. The van der Waals surface area contributed by atoms with Crippen LogP contribution in [0.3, 0.4) is 0 Å². The third-order valence-corrected chi connectivity index (χ3v) is 6.86. The van der Waals surface area contributed by atoms with Crippen LogP contribution in [-0.4, -0.2) is 45.6 Å². The molecular weight excluding hydrogens is 445 g/mol. The van der Waals surface area contributed by atoms with E-state index in [1.165, 1.54) is 12.8 Å². The minimum atomic E-state index is -0.465. The van der Waals surface area contributed by atoms with Crippen molar-refractivity contribution in [3.05, 3.63) is 75.1 Å². The minimum absolute atomic E-state index is 0.0400. The van der Waals surface area contributed by atoms with E-state index in [0.29, 0.717) is 35.7 Å². The third-order valence-electron chi connectivity index (χ3n) is 6.86. The fraction of sp³-hybridized carbons (Fsp3) is 0.407. The number of aromatic nitrogens is 2. The molecule has 1 unspecified atom stereocenters. The Morgan fingerprint density at radius 3 is 2.80 bits per heavy atom. The number of fused-ring (bicyclic) bond motifs is 1. The molecule has 7 nitrogen and oxygen atoms in total. The van der Waals surface area contributed by atoms with Crippen molar-refractivity contribution in [2.24, 2.45) is 10.9 Å². The summed E-state index contributed by atoms with van der Waals surface area (Å²) in [4.78, 5) is 38.1. The van der Waals surface area contributed by atoms with E-state index in [2.05, 4.69) is 20.3 Å². The molecule has 35 heavy (non-hydrogen) atoms. The average Bonchev–Trinajstić information content (AvgIpc) is 3.69. The molecule has 1 amide bonds. The van der Waals surface area contributed by atoms with Gasteiger partial charge in [0, 0.05) is 30.9 Å². The van der Waals surface area contributed by atoms with Gasteiger partial charge in [0.1, 0.15) is 17.3 Å². The number of aliphatic imine (C=N–C) groups is 1. The van der Waals surface area contributed by atoms with E-state index in [-0.39, 0.29) is 17.0 Å². The molecule has 1 aromatic carbocycles. The Morgan fingerprint density at radius 1 is 1.29 bits per heavy atom. The van der Waals surface area contributed by atoms with Gasteiger partial charge in [-0.25, -0.2) is 9.37 Å². The van der Waals surface area contributed by atoms with Crippen LogP contribution in [0.5, 0.6) is 0 Å². The van der Waals surface area contributed by atoms with E-state index in [0.717, 1.165) is 36.4 Å². The Kier molecular flexibility index (Phi) is 6.36. The normalized spacial score (nSPS) is 22.0. The number of aromatic amines is 1. The highest BCUT2D eigenvalue weighted by Crippen LogP contribution is 2.28. The van der Waals surface area contributed by atoms with Crippen molar-refractivity contribution in [1.82, 2.24) is 20.2 Å². The average molecular weight is 476 g/mol. The first-order valence-corrected chi connectivity index (χ1v) is 12.3. The van der Waals surface area contributed by atoms with Crippen LogP contribution < -0.4 is 10.9 Å². The Morgan fingerprint density at radius 2 is 2.11 bits per heavy atom. The predicted octanol–water partition coefficient (Wildman–Crippen LogP) is 3.57.